The SMILES string of the molecule is CCOC(=O)C1=C(C)N=c2s/c(=C\c3cc(I)c(OCc4ccc(F)cc4)c(OC)c3)c(=O)n2[C@H]1c1cccs1. The largest absolute Gasteiger partial charge is 0.493 e. The van der Waals surface area contributed by atoms with Gasteiger partial charge in [0.25, 0.3) is 5.56 Å². The van der Waals surface area contributed by atoms with E-state index in [9.17, 15) is 14.0 Å². The van der Waals surface area contributed by atoms with Crippen LogP contribution in [0.1, 0.15) is 35.9 Å². The zero-order chi connectivity index (χ0) is 28.4. The lowest BCUT2D eigenvalue weighted by molar-refractivity contribution is -0.139. The van der Waals surface area contributed by atoms with Crippen molar-refractivity contribution in [3.63, 3.8) is 0 Å². The van der Waals surface area contributed by atoms with Crippen molar-refractivity contribution >= 4 is 57.3 Å². The Kier molecular flexibility index (Phi) is 8.52. The van der Waals surface area contributed by atoms with E-state index < -0.39 is 12.0 Å². The summed E-state index contributed by atoms with van der Waals surface area (Å²) >= 11 is 4.89. The summed E-state index contributed by atoms with van der Waals surface area (Å²) in [5.41, 5.74) is 2.21. The highest BCUT2D eigenvalue weighted by Gasteiger charge is 2.33. The molecule has 0 N–H and O–H groups in total. The summed E-state index contributed by atoms with van der Waals surface area (Å²) in [7, 11) is 1.55. The average Bonchev–Trinajstić information content (AvgIpc) is 3.56. The van der Waals surface area contributed by atoms with Gasteiger partial charge in [-0.1, -0.05) is 29.5 Å². The monoisotopic (exact) mass is 690 g/mol. The van der Waals surface area contributed by atoms with Gasteiger partial charge >= 0.3 is 5.97 Å². The minimum absolute atomic E-state index is 0.223. The van der Waals surface area contributed by atoms with E-state index >= 15 is 0 Å². The van der Waals surface area contributed by atoms with E-state index in [2.05, 4.69) is 27.6 Å². The molecule has 1 aliphatic rings. The van der Waals surface area contributed by atoms with Crippen molar-refractivity contribution in [2.24, 2.45) is 4.99 Å². The van der Waals surface area contributed by atoms with Crippen LogP contribution in [-0.4, -0.2) is 24.3 Å². The third-order valence-corrected chi connectivity index (χ3v) is 8.88. The number of methoxy groups -OCH3 is 1. The van der Waals surface area contributed by atoms with Crippen LogP contribution in [0.4, 0.5) is 4.39 Å². The molecule has 2 aromatic heterocycles. The molecule has 5 rings (SSSR count). The zero-order valence-electron chi connectivity index (χ0n) is 21.8. The van der Waals surface area contributed by atoms with Gasteiger partial charge in [0.05, 0.1) is 33.1 Å². The van der Waals surface area contributed by atoms with E-state index in [-0.39, 0.29) is 24.6 Å². The first kappa shape index (κ1) is 28.2. The molecule has 7 nitrogen and oxygen atoms in total. The summed E-state index contributed by atoms with van der Waals surface area (Å²) in [5, 5.41) is 1.91. The van der Waals surface area contributed by atoms with Gasteiger partial charge in [0, 0.05) is 4.88 Å². The number of thiophene rings is 1. The first-order chi connectivity index (χ1) is 19.3. The molecule has 0 bridgehead atoms. The van der Waals surface area contributed by atoms with Crippen LogP contribution in [0.5, 0.6) is 11.5 Å². The fourth-order valence-corrected chi connectivity index (χ4v) is 7.01. The highest BCUT2D eigenvalue weighted by molar-refractivity contribution is 14.1. The number of nitrogens with zero attached hydrogens (tertiary/aromatic N) is 2. The number of thiazole rings is 1. The van der Waals surface area contributed by atoms with Crippen LogP contribution < -0.4 is 24.4 Å². The van der Waals surface area contributed by atoms with E-state index in [1.54, 1.807) is 49.8 Å². The van der Waals surface area contributed by atoms with E-state index in [4.69, 9.17) is 14.2 Å². The fraction of sp³-hybridized carbons (Fsp3) is 0.207. The maximum Gasteiger partial charge on any atom is 0.338 e. The Morgan fingerprint density at radius 3 is 2.67 bits per heavy atom. The number of rotatable bonds is 8. The summed E-state index contributed by atoms with van der Waals surface area (Å²) in [6.07, 6.45) is 1.78. The Labute approximate surface area is 251 Å². The van der Waals surface area contributed by atoms with Gasteiger partial charge < -0.3 is 14.2 Å². The molecule has 0 spiro atoms. The molecule has 206 valence electrons. The molecule has 40 heavy (non-hydrogen) atoms. The predicted octanol–water partition coefficient (Wildman–Crippen LogP) is 5.19. The van der Waals surface area contributed by atoms with E-state index in [0.717, 1.165) is 19.6 Å². The number of carbonyl (C=O) groups excluding carboxylic acids is 1. The lowest BCUT2D eigenvalue weighted by atomic mass is 10.0. The molecule has 0 unspecified atom stereocenters. The Balaban J connectivity index is 1.54. The first-order valence-electron chi connectivity index (χ1n) is 12.3. The molecule has 0 radical (unpaired) electrons. The van der Waals surface area contributed by atoms with E-state index in [1.165, 1.54) is 34.8 Å². The second-order valence-corrected chi connectivity index (χ2v) is 11.9. The smallest absolute Gasteiger partial charge is 0.338 e. The van der Waals surface area contributed by atoms with Gasteiger partial charge in [-0.2, -0.15) is 0 Å². The van der Waals surface area contributed by atoms with Gasteiger partial charge in [-0.25, -0.2) is 14.2 Å². The number of aromatic nitrogens is 1. The number of ether oxygens (including phenoxy) is 3. The topological polar surface area (TPSA) is 79.1 Å². The van der Waals surface area contributed by atoms with Gasteiger partial charge in [0.1, 0.15) is 18.5 Å². The zero-order valence-corrected chi connectivity index (χ0v) is 25.6. The third-order valence-electron chi connectivity index (χ3n) is 6.18. The maximum absolute atomic E-state index is 13.8. The molecule has 0 saturated heterocycles. The number of fused-ring (bicyclic) bond motifs is 1. The van der Waals surface area contributed by atoms with E-state index in [0.29, 0.717) is 32.1 Å². The number of benzene rings is 2. The molecule has 11 heteroatoms. The number of esters is 1. The number of allylic oxidation sites excluding steroid dienone is 1. The molecule has 1 aliphatic heterocycles. The molecule has 0 amide bonds. The number of carbonyl (C=O) groups is 1. The van der Waals surface area contributed by atoms with Crippen molar-refractivity contribution in [3.8, 4) is 11.5 Å². The van der Waals surface area contributed by atoms with Crippen molar-refractivity contribution in [2.45, 2.75) is 26.5 Å². The van der Waals surface area contributed by atoms with Crippen molar-refractivity contribution < 1.29 is 23.4 Å². The van der Waals surface area contributed by atoms with Crippen LogP contribution in [0.2, 0.25) is 0 Å². The Morgan fingerprint density at radius 1 is 1.23 bits per heavy atom. The highest BCUT2D eigenvalue weighted by atomic mass is 127. The molecule has 0 fully saturated rings. The summed E-state index contributed by atoms with van der Waals surface area (Å²) in [4.78, 5) is 32.7. The summed E-state index contributed by atoms with van der Waals surface area (Å²) < 4.78 is 33.0. The lowest BCUT2D eigenvalue weighted by Crippen LogP contribution is -2.39. The molecular formula is C29H24FIN2O5S2. The molecule has 3 heterocycles. The normalized spacial score (nSPS) is 15.0. The number of halogens is 2. The van der Waals surface area contributed by atoms with Gasteiger partial charge in [-0.15, -0.1) is 11.3 Å². The fourth-order valence-electron chi connectivity index (χ4n) is 4.36. The second kappa shape index (κ2) is 12.1. The van der Waals surface area contributed by atoms with Gasteiger partial charge in [-0.3, -0.25) is 9.36 Å². The summed E-state index contributed by atoms with van der Waals surface area (Å²) in [6.45, 7) is 3.98. The molecule has 4 aromatic rings. The van der Waals surface area contributed by atoms with Crippen LogP contribution in [-0.2, 0) is 16.1 Å². The maximum atomic E-state index is 13.8. The van der Waals surface area contributed by atoms with Crippen molar-refractivity contribution in [3.05, 3.63) is 110 Å². The van der Waals surface area contributed by atoms with Crippen LogP contribution in [0.25, 0.3) is 6.08 Å². The quantitative estimate of drug-likeness (QED) is 0.188. The minimum Gasteiger partial charge on any atom is -0.493 e. The van der Waals surface area contributed by atoms with Crippen molar-refractivity contribution in [2.75, 3.05) is 13.7 Å². The second-order valence-electron chi connectivity index (χ2n) is 8.77. The molecular weight excluding hydrogens is 666 g/mol. The van der Waals surface area contributed by atoms with Crippen LogP contribution in [0.15, 0.2) is 75.0 Å². The summed E-state index contributed by atoms with van der Waals surface area (Å²) in [6, 6.07) is 13.0. The Morgan fingerprint density at radius 2 is 2.00 bits per heavy atom. The summed E-state index contributed by atoms with van der Waals surface area (Å²) in [5.74, 6) is 0.273. The number of hydrogen-bond donors (Lipinski definition) is 0. The number of hydrogen-bond acceptors (Lipinski definition) is 8. The van der Waals surface area contributed by atoms with Crippen LogP contribution in [0, 0.1) is 9.39 Å². The van der Waals surface area contributed by atoms with Crippen molar-refractivity contribution in [1.29, 1.82) is 0 Å². The Hall–Kier alpha value is -3.29. The lowest BCUT2D eigenvalue weighted by Gasteiger charge is -2.23. The first-order valence-corrected chi connectivity index (χ1v) is 15.1. The van der Waals surface area contributed by atoms with Crippen LogP contribution in [0.3, 0.4) is 0 Å². The Bertz CT molecular complexity index is 1780. The third kappa shape index (κ3) is 5.63. The molecule has 0 aliphatic carbocycles. The standard InChI is InChI=1S/C29H24FIN2O5S2/c1-4-37-28(35)24-16(2)32-29-33(25(24)22-6-5-11-39-22)27(34)23(40-29)14-18-12-20(31)26(21(13-18)36-3)38-15-17-7-9-19(30)10-8-17/h5-14,25H,4,15H2,1-3H3/b23-14-/t25-/m0/s1. The van der Waals surface area contributed by atoms with Crippen LogP contribution >= 0.6 is 45.3 Å². The van der Waals surface area contributed by atoms with Crippen molar-refractivity contribution in [1.82, 2.24) is 4.57 Å². The molecule has 1 atom stereocenters. The van der Waals surface area contributed by atoms with Gasteiger partial charge in [0.2, 0.25) is 0 Å². The van der Waals surface area contributed by atoms with Gasteiger partial charge in [0.15, 0.2) is 16.3 Å². The predicted molar refractivity (Wildman–Crippen MR) is 161 cm³/mol. The molecule has 2 aromatic carbocycles. The highest BCUT2D eigenvalue weighted by Crippen LogP contribution is 2.35. The van der Waals surface area contributed by atoms with E-state index in [1.807, 2.05) is 23.6 Å². The molecule has 0 saturated carbocycles. The average molecular weight is 691 g/mol. The minimum atomic E-state index is -0.616. The van der Waals surface area contributed by atoms with Gasteiger partial charge in [-0.05, 0) is 89.4 Å².